The van der Waals surface area contributed by atoms with Crippen LogP contribution in [-0.4, -0.2) is 22.2 Å². The lowest BCUT2D eigenvalue weighted by atomic mass is 10.2. The van der Waals surface area contributed by atoms with Gasteiger partial charge in [0.25, 0.3) is 5.91 Å². The van der Waals surface area contributed by atoms with E-state index in [-0.39, 0.29) is 5.91 Å². The number of nitrogens with one attached hydrogen (secondary N) is 1. The van der Waals surface area contributed by atoms with Gasteiger partial charge in [0.05, 0.1) is 10.6 Å². The molecule has 5 heteroatoms. The van der Waals surface area contributed by atoms with Crippen LogP contribution in [0.1, 0.15) is 29.4 Å². The van der Waals surface area contributed by atoms with Crippen LogP contribution >= 0.6 is 11.3 Å². The molecule has 1 amide bonds. The van der Waals surface area contributed by atoms with Crippen LogP contribution in [0, 0.1) is 6.92 Å². The number of aryl methyl sites for hydroxylation is 1. The van der Waals surface area contributed by atoms with E-state index in [0.29, 0.717) is 12.2 Å². The Kier molecular flexibility index (Phi) is 4.57. The summed E-state index contributed by atoms with van der Waals surface area (Å²) in [6.45, 7) is 4.74. The van der Waals surface area contributed by atoms with E-state index in [0.717, 1.165) is 22.7 Å². The topological polar surface area (TPSA) is 46.9 Å². The average Bonchev–Trinajstić information content (AvgIpc) is 3.22. The maximum absolute atomic E-state index is 12.5. The molecule has 0 bridgehead atoms. The summed E-state index contributed by atoms with van der Waals surface area (Å²) in [5, 5.41) is 9.59. The van der Waals surface area contributed by atoms with E-state index in [1.165, 1.54) is 5.56 Å². The molecule has 118 valence electrons. The van der Waals surface area contributed by atoms with Crippen molar-refractivity contribution >= 4 is 17.2 Å². The molecule has 0 aliphatic rings. The lowest BCUT2D eigenvalue weighted by Gasteiger charge is -2.08. The molecule has 0 radical (unpaired) electrons. The van der Waals surface area contributed by atoms with E-state index in [4.69, 9.17) is 0 Å². The Morgan fingerprint density at radius 1 is 1.26 bits per heavy atom. The van der Waals surface area contributed by atoms with Crippen LogP contribution in [-0.2, 0) is 0 Å². The molecule has 0 saturated carbocycles. The molecule has 0 aliphatic heterocycles. The molecule has 2 heterocycles. The van der Waals surface area contributed by atoms with Crippen molar-refractivity contribution in [2.24, 2.45) is 0 Å². The molecular weight excluding hydrogens is 306 g/mol. The zero-order valence-electron chi connectivity index (χ0n) is 13.2. The molecule has 1 aromatic carbocycles. The van der Waals surface area contributed by atoms with Crippen molar-refractivity contribution < 1.29 is 4.79 Å². The highest BCUT2D eigenvalue weighted by Gasteiger charge is 2.17. The number of hydrogen-bond acceptors (Lipinski definition) is 3. The van der Waals surface area contributed by atoms with Crippen LogP contribution in [0.15, 0.2) is 47.8 Å². The van der Waals surface area contributed by atoms with E-state index < -0.39 is 0 Å². The van der Waals surface area contributed by atoms with Gasteiger partial charge in [-0.15, -0.1) is 11.3 Å². The van der Waals surface area contributed by atoms with Crippen molar-refractivity contribution in [1.82, 2.24) is 15.1 Å². The van der Waals surface area contributed by atoms with Gasteiger partial charge in [-0.25, -0.2) is 4.68 Å². The smallest absolute Gasteiger partial charge is 0.270 e. The highest BCUT2D eigenvalue weighted by molar-refractivity contribution is 7.13. The first-order valence-corrected chi connectivity index (χ1v) is 8.56. The van der Waals surface area contributed by atoms with Gasteiger partial charge in [0, 0.05) is 6.54 Å². The van der Waals surface area contributed by atoms with Crippen molar-refractivity contribution in [3.8, 4) is 16.3 Å². The van der Waals surface area contributed by atoms with E-state index in [2.05, 4.69) is 10.4 Å². The zero-order valence-corrected chi connectivity index (χ0v) is 14.1. The maximum Gasteiger partial charge on any atom is 0.270 e. The Morgan fingerprint density at radius 2 is 2.04 bits per heavy atom. The summed E-state index contributed by atoms with van der Waals surface area (Å²) in [6.07, 6.45) is 0.905. The van der Waals surface area contributed by atoms with Gasteiger partial charge in [-0.05, 0) is 43.0 Å². The fourth-order valence-electron chi connectivity index (χ4n) is 2.30. The van der Waals surface area contributed by atoms with Crippen molar-refractivity contribution in [2.45, 2.75) is 20.3 Å². The monoisotopic (exact) mass is 325 g/mol. The van der Waals surface area contributed by atoms with Crippen LogP contribution in [0.4, 0.5) is 0 Å². The summed E-state index contributed by atoms with van der Waals surface area (Å²) < 4.78 is 1.72. The second-order valence-corrected chi connectivity index (χ2v) is 6.34. The summed E-state index contributed by atoms with van der Waals surface area (Å²) in [7, 11) is 0. The summed E-state index contributed by atoms with van der Waals surface area (Å²) in [5.74, 6) is -0.0947. The summed E-state index contributed by atoms with van der Waals surface area (Å²) >= 11 is 1.62. The lowest BCUT2D eigenvalue weighted by molar-refractivity contribution is 0.0946. The number of aromatic nitrogens is 2. The lowest BCUT2D eigenvalue weighted by Crippen LogP contribution is -2.26. The van der Waals surface area contributed by atoms with Gasteiger partial charge in [0.15, 0.2) is 0 Å². The second-order valence-electron chi connectivity index (χ2n) is 5.40. The maximum atomic E-state index is 12.5. The van der Waals surface area contributed by atoms with Crippen LogP contribution < -0.4 is 5.32 Å². The molecule has 0 fully saturated rings. The minimum Gasteiger partial charge on any atom is -0.351 e. The highest BCUT2D eigenvalue weighted by atomic mass is 32.1. The Bertz CT molecular complexity index is 788. The number of carbonyl (C=O) groups excluding carboxylic acids is 1. The van der Waals surface area contributed by atoms with Crippen molar-refractivity contribution in [3.05, 3.63) is 59.1 Å². The van der Waals surface area contributed by atoms with Crippen LogP contribution in [0.25, 0.3) is 16.3 Å². The van der Waals surface area contributed by atoms with Gasteiger partial charge >= 0.3 is 0 Å². The van der Waals surface area contributed by atoms with Crippen LogP contribution in [0.2, 0.25) is 0 Å². The minimum absolute atomic E-state index is 0.0947. The highest BCUT2D eigenvalue weighted by Crippen LogP contribution is 2.25. The third-order valence-electron chi connectivity index (χ3n) is 3.53. The predicted octanol–water partition coefficient (Wildman–Crippen LogP) is 4.05. The molecule has 0 atom stereocenters. The number of thiophene rings is 1. The number of rotatable bonds is 5. The standard InChI is InChI=1S/C18H19N3OS/c1-3-10-19-18(22)16-12-15(17-5-4-11-23-17)20-21(16)14-8-6-13(2)7-9-14/h4-9,11-12H,3,10H2,1-2H3,(H,19,22). The van der Waals surface area contributed by atoms with Gasteiger partial charge in [-0.1, -0.05) is 30.7 Å². The quantitative estimate of drug-likeness (QED) is 0.769. The molecule has 0 spiro atoms. The molecule has 3 rings (SSSR count). The first-order chi connectivity index (χ1) is 11.2. The molecule has 4 nitrogen and oxygen atoms in total. The van der Waals surface area contributed by atoms with Crippen LogP contribution in [0.5, 0.6) is 0 Å². The summed E-state index contributed by atoms with van der Waals surface area (Å²) in [4.78, 5) is 13.5. The molecule has 0 unspecified atom stereocenters. The fraction of sp³-hybridized carbons (Fsp3) is 0.222. The Labute approximate surface area is 139 Å². The minimum atomic E-state index is -0.0947. The fourth-order valence-corrected chi connectivity index (χ4v) is 2.98. The normalized spacial score (nSPS) is 10.7. The van der Waals surface area contributed by atoms with E-state index in [1.54, 1.807) is 16.0 Å². The number of benzene rings is 1. The molecule has 1 N–H and O–H groups in total. The van der Waals surface area contributed by atoms with Gasteiger partial charge < -0.3 is 5.32 Å². The number of nitrogens with zero attached hydrogens (tertiary/aromatic N) is 2. The van der Waals surface area contributed by atoms with Crippen LogP contribution in [0.3, 0.4) is 0 Å². The molecule has 0 aliphatic carbocycles. The Hall–Kier alpha value is -2.40. The largest absolute Gasteiger partial charge is 0.351 e. The zero-order chi connectivity index (χ0) is 16.2. The van der Waals surface area contributed by atoms with Gasteiger partial charge in [0.1, 0.15) is 11.4 Å². The Morgan fingerprint density at radius 3 is 2.70 bits per heavy atom. The van der Waals surface area contributed by atoms with E-state index in [9.17, 15) is 4.79 Å². The molecule has 23 heavy (non-hydrogen) atoms. The third-order valence-corrected chi connectivity index (χ3v) is 4.42. The third kappa shape index (κ3) is 3.35. The first-order valence-electron chi connectivity index (χ1n) is 7.68. The van der Waals surface area contributed by atoms with Crippen molar-refractivity contribution in [1.29, 1.82) is 0 Å². The summed E-state index contributed by atoms with van der Waals surface area (Å²) in [6, 6.07) is 13.9. The van der Waals surface area contributed by atoms with Crippen molar-refractivity contribution in [2.75, 3.05) is 6.54 Å². The van der Waals surface area contributed by atoms with E-state index >= 15 is 0 Å². The number of hydrogen-bond donors (Lipinski definition) is 1. The average molecular weight is 325 g/mol. The number of carbonyl (C=O) groups is 1. The molecular formula is C18H19N3OS. The molecule has 3 aromatic rings. The first kappa shape index (κ1) is 15.5. The predicted molar refractivity (Wildman–Crippen MR) is 94.2 cm³/mol. The molecule has 2 aromatic heterocycles. The van der Waals surface area contributed by atoms with Gasteiger partial charge in [-0.3, -0.25) is 4.79 Å². The SMILES string of the molecule is CCCNC(=O)c1cc(-c2cccs2)nn1-c1ccc(C)cc1. The van der Waals surface area contributed by atoms with E-state index in [1.807, 2.05) is 61.7 Å². The Balaban J connectivity index is 2.04. The number of amides is 1. The summed E-state index contributed by atoms with van der Waals surface area (Å²) in [5.41, 5.74) is 3.45. The van der Waals surface area contributed by atoms with Gasteiger partial charge in [0.2, 0.25) is 0 Å². The second kappa shape index (κ2) is 6.79. The van der Waals surface area contributed by atoms with Crippen molar-refractivity contribution in [3.63, 3.8) is 0 Å². The van der Waals surface area contributed by atoms with Gasteiger partial charge in [-0.2, -0.15) is 5.10 Å². The molecule has 0 saturated heterocycles.